The van der Waals surface area contributed by atoms with Crippen molar-refractivity contribution in [1.29, 1.82) is 0 Å². The monoisotopic (exact) mass is 421 g/mol. The fourth-order valence-electron chi connectivity index (χ4n) is 4.04. The Morgan fingerprint density at radius 1 is 1.13 bits per heavy atom. The van der Waals surface area contributed by atoms with Crippen LogP contribution in [0, 0.1) is 22.0 Å². The number of hydrogen-bond donors (Lipinski definition) is 0. The van der Waals surface area contributed by atoms with Gasteiger partial charge in [0.05, 0.1) is 12.5 Å². The lowest BCUT2D eigenvalue weighted by atomic mass is 9.79. The number of ether oxygens (including phenoxy) is 3. The largest absolute Gasteiger partial charge is 0.465 e. The fourth-order valence-corrected chi connectivity index (χ4v) is 4.04. The Morgan fingerprint density at radius 2 is 1.80 bits per heavy atom. The average molecular weight is 421 g/mol. The summed E-state index contributed by atoms with van der Waals surface area (Å²) >= 11 is 0. The lowest BCUT2D eigenvalue weighted by molar-refractivity contribution is -0.484. The van der Waals surface area contributed by atoms with Crippen molar-refractivity contribution in [3.05, 3.63) is 33.9 Å². The molecule has 8 heteroatoms. The quantitative estimate of drug-likeness (QED) is 0.204. The Kier molecular flexibility index (Phi) is 9.08. The maximum Gasteiger partial charge on any atom is 0.317 e. The predicted molar refractivity (Wildman–Crippen MR) is 110 cm³/mol. The summed E-state index contributed by atoms with van der Waals surface area (Å²) in [5.41, 5.74) is 0.491. The lowest BCUT2D eigenvalue weighted by Crippen LogP contribution is -2.36. The van der Waals surface area contributed by atoms with E-state index in [2.05, 4.69) is 13.8 Å². The van der Waals surface area contributed by atoms with Gasteiger partial charge in [-0.05, 0) is 30.5 Å². The van der Waals surface area contributed by atoms with Crippen molar-refractivity contribution < 1.29 is 28.7 Å². The van der Waals surface area contributed by atoms with Crippen molar-refractivity contribution in [2.75, 3.05) is 19.9 Å². The molecule has 0 N–H and O–H groups in total. The minimum Gasteiger partial charge on any atom is -0.465 e. The number of Topliss-reactive ketones (excluding diaryl/α,β-unsaturated/α-hetero) is 1. The number of nitrogens with zero attached hydrogens (tertiary/aromatic N) is 1. The summed E-state index contributed by atoms with van der Waals surface area (Å²) in [4.78, 5) is 37.0. The second-order valence-corrected chi connectivity index (χ2v) is 7.58. The summed E-state index contributed by atoms with van der Waals surface area (Å²) in [5.74, 6) is -2.05. The number of rotatable bonds is 13. The third kappa shape index (κ3) is 6.18. The number of fused-ring (bicyclic) bond motifs is 1. The minimum atomic E-state index is -1.23. The molecule has 0 aromatic heterocycles. The van der Waals surface area contributed by atoms with E-state index in [1.165, 1.54) is 0 Å². The summed E-state index contributed by atoms with van der Waals surface area (Å²) in [6.07, 6.45) is 3.83. The molecule has 0 aliphatic carbocycles. The first-order valence-corrected chi connectivity index (χ1v) is 10.6. The summed E-state index contributed by atoms with van der Waals surface area (Å²) in [6.45, 7) is 5.37. The number of hydrogen-bond acceptors (Lipinski definition) is 7. The SMILES string of the molecule is CCCC(CCC)CC(=O)C(C(=O)OCC)C(C[N+](=O)[O-])c1ccc2c(c1)OCO2. The van der Waals surface area contributed by atoms with E-state index in [-0.39, 0.29) is 31.5 Å². The van der Waals surface area contributed by atoms with E-state index in [4.69, 9.17) is 14.2 Å². The second kappa shape index (κ2) is 11.5. The standard InChI is InChI=1S/C22H31NO7/c1-4-7-15(8-5-2)11-18(24)21(22(25)28-6-3)17(13-23(26)27)16-9-10-19-20(12-16)30-14-29-19/h9-10,12,15,17,21H,4-8,11,13-14H2,1-3H3. The molecular formula is C22H31NO7. The van der Waals surface area contributed by atoms with E-state index in [0.29, 0.717) is 17.1 Å². The van der Waals surface area contributed by atoms with Crippen LogP contribution in [0.3, 0.4) is 0 Å². The number of nitro groups is 1. The van der Waals surface area contributed by atoms with Gasteiger partial charge in [-0.25, -0.2) is 0 Å². The highest BCUT2D eigenvalue weighted by Gasteiger charge is 2.40. The molecule has 2 rings (SSSR count). The van der Waals surface area contributed by atoms with Gasteiger partial charge in [-0.2, -0.15) is 0 Å². The lowest BCUT2D eigenvalue weighted by Gasteiger charge is -2.24. The molecule has 8 nitrogen and oxygen atoms in total. The third-order valence-electron chi connectivity index (χ3n) is 5.34. The topological polar surface area (TPSA) is 105 Å². The number of carbonyl (C=O) groups is 2. The maximum absolute atomic E-state index is 13.3. The smallest absolute Gasteiger partial charge is 0.317 e. The van der Waals surface area contributed by atoms with E-state index < -0.39 is 29.3 Å². The van der Waals surface area contributed by atoms with Crippen LogP contribution in [0.4, 0.5) is 0 Å². The zero-order chi connectivity index (χ0) is 22.1. The van der Waals surface area contributed by atoms with Gasteiger partial charge in [0.2, 0.25) is 13.3 Å². The number of benzene rings is 1. The predicted octanol–water partition coefficient (Wildman–Crippen LogP) is 4.13. The fraction of sp³-hybridized carbons (Fsp3) is 0.636. The number of ketones is 1. The molecule has 1 aromatic rings. The molecule has 0 bridgehead atoms. The van der Waals surface area contributed by atoms with E-state index in [0.717, 1.165) is 25.7 Å². The Labute approximate surface area is 177 Å². The van der Waals surface area contributed by atoms with Crippen molar-refractivity contribution in [1.82, 2.24) is 0 Å². The minimum absolute atomic E-state index is 0.0641. The molecule has 0 fully saturated rings. The summed E-state index contributed by atoms with van der Waals surface area (Å²) in [6, 6.07) is 4.91. The van der Waals surface area contributed by atoms with Gasteiger partial charge in [-0.15, -0.1) is 0 Å². The summed E-state index contributed by atoms with van der Waals surface area (Å²) in [5, 5.41) is 11.4. The molecule has 1 aliphatic heterocycles. The Hall–Kier alpha value is -2.64. The molecule has 2 atom stereocenters. The van der Waals surface area contributed by atoms with Crippen LogP contribution in [0.25, 0.3) is 0 Å². The maximum atomic E-state index is 13.3. The van der Waals surface area contributed by atoms with Crippen LogP contribution in [0.5, 0.6) is 11.5 Å². The number of esters is 1. The van der Waals surface area contributed by atoms with Crippen molar-refractivity contribution in [3.8, 4) is 11.5 Å². The Bertz CT molecular complexity index is 743. The van der Waals surface area contributed by atoms with Crippen LogP contribution >= 0.6 is 0 Å². The van der Waals surface area contributed by atoms with Crippen molar-refractivity contribution in [2.24, 2.45) is 11.8 Å². The van der Waals surface area contributed by atoms with Gasteiger partial charge in [0, 0.05) is 11.3 Å². The zero-order valence-corrected chi connectivity index (χ0v) is 17.9. The highest BCUT2D eigenvalue weighted by Crippen LogP contribution is 2.38. The molecule has 1 heterocycles. The van der Waals surface area contributed by atoms with Gasteiger partial charge in [-0.3, -0.25) is 19.7 Å². The van der Waals surface area contributed by atoms with Crippen LogP contribution < -0.4 is 9.47 Å². The Balaban J connectivity index is 2.39. The van der Waals surface area contributed by atoms with Crippen LogP contribution in [0.15, 0.2) is 18.2 Å². The van der Waals surface area contributed by atoms with Gasteiger partial charge < -0.3 is 14.2 Å². The van der Waals surface area contributed by atoms with Crippen molar-refractivity contribution in [2.45, 2.75) is 58.8 Å². The summed E-state index contributed by atoms with van der Waals surface area (Å²) in [7, 11) is 0. The third-order valence-corrected chi connectivity index (χ3v) is 5.34. The zero-order valence-electron chi connectivity index (χ0n) is 17.9. The molecule has 1 aliphatic rings. The van der Waals surface area contributed by atoms with Crippen LogP contribution in [-0.2, 0) is 14.3 Å². The van der Waals surface area contributed by atoms with Crippen LogP contribution in [0.1, 0.15) is 64.4 Å². The highest BCUT2D eigenvalue weighted by atomic mass is 16.7. The first-order chi connectivity index (χ1) is 14.4. The van der Waals surface area contributed by atoms with Crippen molar-refractivity contribution in [3.63, 3.8) is 0 Å². The molecule has 166 valence electrons. The molecule has 0 saturated carbocycles. The molecule has 30 heavy (non-hydrogen) atoms. The van der Waals surface area contributed by atoms with E-state index in [1.807, 2.05) is 0 Å². The second-order valence-electron chi connectivity index (χ2n) is 7.58. The van der Waals surface area contributed by atoms with Crippen molar-refractivity contribution >= 4 is 11.8 Å². The number of carbonyl (C=O) groups excluding carboxylic acids is 2. The molecule has 0 spiro atoms. The molecule has 0 amide bonds. The highest BCUT2D eigenvalue weighted by molar-refractivity contribution is 6.00. The average Bonchev–Trinajstić information content (AvgIpc) is 3.15. The van der Waals surface area contributed by atoms with Gasteiger partial charge in [0.25, 0.3) is 0 Å². The van der Waals surface area contributed by atoms with Crippen LogP contribution in [-0.4, -0.2) is 36.6 Å². The van der Waals surface area contributed by atoms with Gasteiger partial charge in [-0.1, -0.05) is 45.6 Å². The first-order valence-electron chi connectivity index (χ1n) is 10.6. The first kappa shape index (κ1) is 23.6. The Morgan fingerprint density at radius 3 is 2.40 bits per heavy atom. The van der Waals surface area contributed by atoms with E-state index in [9.17, 15) is 19.7 Å². The summed E-state index contributed by atoms with van der Waals surface area (Å²) < 4.78 is 15.8. The van der Waals surface area contributed by atoms with Gasteiger partial charge >= 0.3 is 5.97 Å². The van der Waals surface area contributed by atoms with E-state index in [1.54, 1.807) is 25.1 Å². The molecular weight excluding hydrogens is 390 g/mol. The van der Waals surface area contributed by atoms with Crippen LogP contribution in [0.2, 0.25) is 0 Å². The van der Waals surface area contributed by atoms with Gasteiger partial charge in [0.15, 0.2) is 11.5 Å². The van der Waals surface area contributed by atoms with E-state index >= 15 is 0 Å². The molecule has 2 unspecified atom stereocenters. The normalized spacial score (nSPS) is 14.4. The van der Waals surface area contributed by atoms with Gasteiger partial charge in [0.1, 0.15) is 11.7 Å². The molecule has 0 radical (unpaired) electrons. The molecule has 1 aromatic carbocycles. The molecule has 0 saturated heterocycles.